The molecule has 0 saturated carbocycles. The van der Waals surface area contributed by atoms with Crippen LogP contribution in [-0.2, 0) is 15.0 Å². The zero-order valence-electron chi connectivity index (χ0n) is 17.5. The third-order valence-corrected chi connectivity index (χ3v) is 4.46. The minimum atomic E-state index is -1.82. The number of nitrogens with zero attached hydrogens (tertiary/aromatic N) is 1. The topological polar surface area (TPSA) is 99.1 Å². The molecule has 0 aliphatic carbocycles. The van der Waals surface area contributed by atoms with Gasteiger partial charge in [0.25, 0.3) is 0 Å². The van der Waals surface area contributed by atoms with Gasteiger partial charge in [0.05, 0.1) is 6.61 Å². The van der Waals surface area contributed by atoms with Crippen LogP contribution < -0.4 is 10.1 Å². The highest BCUT2D eigenvalue weighted by atomic mass is 16.5. The van der Waals surface area contributed by atoms with Gasteiger partial charge in [-0.25, -0.2) is 9.59 Å². The summed E-state index contributed by atoms with van der Waals surface area (Å²) in [7, 11) is 0. The average molecular weight is 395 g/mol. The second kappa shape index (κ2) is 11.7. The van der Waals surface area contributed by atoms with E-state index in [1.807, 2.05) is 0 Å². The Labute approximate surface area is 167 Å². The van der Waals surface area contributed by atoms with Gasteiger partial charge in [-0.05, 0) is 43.4 Å². The molecule has 7 heteroatoms. The standard InChI is InChI=1S/C19H32N2O.C2H2O4/c1-16-7-8-18(17(15-16)19(2,3)4)22-14-6-5-11-21-12-9-20-10-13-21;3-1(4)2(5)6/h7-8,15,20H,5-6,9-14H2,1-4H3;(H,3,4)(H,5,6). The first kappa shape index (κ1) is 23.9. The lowest BCUT2D eigenvalue weighted by molar-refractivity contribution is -0.159. The highest BCUT2D eigenvalue weighted by Gasteiger charge is 2.19. The minimum Gasteiger partial charge on any atom is -0.493 e. The van der Waals surface area contributed by atoms with Gasteiger partial charge < -0.3 is 25.2 Å². The number of carboxylic acids is 2. The maximum Gasteiger partial charge on any atom is 0.414 e. The van der Waals surface area contributed by atoms with Crippen LogP contribution in [0.4, 0.5) is 0 Å². The van der Waals surface area contributed by atoms with E-state index in [1.165, 1.54) is 37.2 Å². The second-order valence-electron chi connectivity index (χ2n) is 8.01. The van der Waals surface area contributed by atoms with Crippen LogP contribution in [0.1, 0.15) is 44.7 Å². The molecule has 0 radical (unpaired) electrons. The van der Waals surface area contributed by atoms with Crippen molar-refractivity contribution in [2.24, 2.45) is 0 Å². The van der Waals surface area contributed by atoms with Gasteiger partial charge in [0, 0.05) is 26.2 Å². The maximum atomic E-state index is 9.10. The summed E-state index contributed by atoms with van der Waals surface area (Å²) >= 11 is 0. The van der Waals surface area contributed by atoms with Crippen molar-refractivity contribution < 1.29 is 24.5 Å². The van der Waals surface area contributed by atoms with E-state index in [0.29, 0.717) is 0 Å². The molecule has 7 nitrogen and oxygen atoms in total. The number of aliphatic carboxylic acids is 2. The number of nitrogens with one attached hydrogen (secondary N) is 1. The summed E-state index contributed by atoms with van der Waals surface area (Å²) in [5.74, 6) is -2.59. The Kier molecular flexibility index (Phi) is 9.96. The van der Waals surface area contributed by atoms with Gasteiger partial charge >= 0.3 is 11.9 Å². The largest absolute Gasteiger partial charge is 0.493 e. The number of rotatable bonds is 6. The number of ether oxygens (including phenoxy) is 1. The predicted molar refractivity (Wildman–Crippen MR) is 109 cm³/mol. The number of hydrogen-bond acceptors (Lipinski definition) is 5. The molecule has 1 aromatic carbocycles. The van der Waals surface area contributed by atoms with Gasteiger partial charge in [-0.15, -0.1) is 0 Å². The molecule has 2 rings (SSSR count). The van der Waals surface area contributed by atoms with E-state index in [-0.39, 0.29) is 5.41 Å². The van der Waals surface area contributed by atoms with Crippen LogP contribution in [-0.4, -0.2) is 66.4 Å². The van der Waals surface area contributed by atoms with Gasteiger partial charge in [0.15, 0.2) is 0 Å². The molecule has 0 atom stereocenters. The molecule has 3 N–H and O–H groups in total. The Morgan fingerprint density at radius 2 is 1.71 bits per heavy atom. The fraction of sp³-hybridized carbons (Fsp3) is 0.619. The second-order valence-corrected chi connectivity index (χ2v) is 8.01. The molecule has 0 bridgehead atoms. The van der Waals surface area contributed by atoms with Gasteiger partial charge in [-0.3, -0.25) is 0 Å². The molecule has 28 heavy (non-hydrogen) atoms. The molecule has 0 spiro atoms. The van der Waals surface area contributed by atoms with Crippen molar-refractivity contribution >= 4 is 11.9 Å². The highest BCUT2D eigenvalue weighted by molar-refractivity contribution is 6.27. The lowest BCUT2D eigenvalue weighted by Crippen LogP contribution is -2.43. The zero-order valence-corrected chi connectivity index (χ0v) is 17.5. The predicted octanol–water partition coefficient (Wildman–Crippen LogP) is 2.51. The third kappa shape index (κ3) is 9.19. The molecule has 0 unspecified atom stereocenters. The molecule has 0 amide bonds. The lowest BCUT2D eigenvalue weighted by atomic mass is 9.85. The van der Waals surface area contributed by atoms with Crippen molar-refractivity contribution in [3.63, 3.8) is 0 Å². The normalized spacial score (nSPS) is 14.7. The van der Waals surface area contributed by atoms with E-state index in [2.05, 4.69) is 56.1 Å². The SMILES string of the molecule is Cc1ccc(OCCCCN2CCNCC2)c(C(C)(C)C)c1.O=C(O)C(=O)O. The van der Waals surface area contributed by atoms with Gasteiger partial charge in [-0.2, -0.15) is 0 Å². The minimum absolute atomic E-state index is 0.127. The summed E-state index contributed by atoms with van der Waals surface area (Å²) in [6.45, 7) is 15.6. The van der Waals surface area contributed by atoms with E-state index in [0.717, 1.165) is 31.9 Å². The van der Waals surface area contributed by atoms with Crippen molar-refractivity contribution in [1.29, 1.82) is 0 Å². The number of unbranched alkanes of at least 4 members (excludes halogenated alkanes) is 1. The third-order valence-electron chi connectivity index (χ3n) is 4.46. The van der Waals surface area contributed by atoms with Crippen LogP contribution in [0.3, 0.4) is 0 Å². The van der Waals surface area contributed by atoms with Gasteiger partial charge in [-0.1, -0.05) is 38.5 Å². The highest BCUT2D eigenvalue weighted by Crippen LogP contribution is 2.32. The number of hydrogen-bond donors (Lipinski definition) is 3. The molecule has 1 fully saturated rings. The number of aryl methyl sites for hydroxylation is 1. The van der Waals surface area contributed by atoms with E-state index in [4.69, 9.17) is 24.5 Å². The van der Waals surface area contributed by atoms with E-state index >= 15 is 0 Å². The summed E-state index contributed by atoms with van der Waals surface area (Å²) < 4.78 is 6.08. The first-order valence-electron chi connectivity index (χ1n) is 9.74. The van der Waals surface area contributed by atoms with Crippen LogP contribution in [0.5, 0.6) is 5.75 Å². The number of piperazine rings is 1. The Bertz CT molecular complexity index is 622. The fourth-order valence-electron chi connectivity index (χ4n) is 2.91. The first-order valence-corrected chi connectivity index (χ1v) is 9.74. The summed E-state index contributed by atoms with van der Waals surface area (Å²) in [5.41, 5.74) is 2.74. The molecule has 158 valence electrons. The molecule has 0 aromatic heterocycles. The zero-order chi connectivity index (χ0) is 21.2. The fourth-order valence-corrected chi connectivity index (χ4v) is 2.91. The van der Waals surface area contributed by atoms with E-state index in [1.54, 1.807) is 0 Å². The number of carboxylic acid groups (broad SMARTS) is 2. The van der Waals surface area contributed by atoms with Crippen LogP contribution in [0.15, 0.2) is 18.2 Å². The summed E-state index contributed by atoms with van der Waals surface area (Å²) in [6, 6.07) is 6.54. The van der Waals surface area contributed by atoms with Crippen molar-refractivity contribution in [3.8, 4) is 5.75 Å². The van der Waals surface area contributed by atoms with Crippen molar-refractivity contribution in [2.75, 3.05) is 39.3 Å². The maximum absolute atomic E-state index is 9.10. The molecular formula is C21H34N2O5. The van der Waals surface area contributed by atoms with Crippen molar-refractivity contribution in [3.05, 3.63) is 29.3 Å². The molecule has 1 aliphatic rings. The smallest absolute Gasteiger partial charge is 0.414 e. The Morgan fingerprint density at radius 3 is 2.25 bits per heavy atom. The summed E-state index contributed by atoms with van der Waals surface area (Å²) in [5, 5.41) is 18.2. The number of benzene rings is 1. The molecule has 1 saturated heterocycles. The van der Waals surface area contributed by atoms with Gasteiger partial charge in [0.1, 0.15) is 5.75 Å². The Balaban J connectivity index is 0.000000568. The van der Waals surface area contributed by atoms with Crippen molar-refractivity contribution in [2.45, 2.75) is 46.0 Å². The van der Waals surface area contributed by atoms with Crippen LogP contribution in [0.25, 0.3) is 0 Å². The van der Waals surface area contributed by atoms with E-state index in [9.17, 15) is 0 Å². The van der Waals surface area contributed by atoms with Crippen LogP contribution in [0.2, 0.25) is 0 Å². The summed E-state index contributed by atoms with van der Waals surface area (Å²) in [4.78, 5) is 20.7. The first-order chi connectivity index (χ1) is 13.1. The molecule has 1 aliphatic heterocycles. The van der Waals surface area contributed by atoms with E-state index < -0.39 is 11.9 Å². The Hall–Kier alpha value is -2.12. The monoisotopic (exact) mass is 394 g/mol. The van der Waals surface area contributed by atoms with Crippen molar-refractivity contribution in [1.82, 2.24) is 10.2 Å². The molecular weight excluding hydrogens is 360 g/mol. The molecule has 1 aromatic rings. The quantitative estimate of drug-likeness (QED) is 0.504. The van der Waals surface area contributed by atoms with Gasteiger partial charge in [0.2, 0.25) is 0 Å². The summed E-state index contributed by atoms with van der Waals surface area (Å²) in [6.07, 6.45) is 2.35. The number of carbonyl (C=O) groups is 2. The van der Waals surface area contributed by atoms with Crippen LogP contribution in [0, 0.1) is 6.92 Å². The average Bonchev–Trinajstić information content (AvgIpc) is 2.63. The van der Waals surface area contributed by atoms with Crippen LogP contribution >= 0.6 is 0 Å². The Morgan fingerprint density at radius 1 is 1.11 bits per heavy atom. The molecule has 1 heterocycles. The lowest BCUT2D eigenvalue weighted by Gasteiger charge is -2.27.